The Bertz CT molecular complexity index is 935. The third-order valence-corrected chi connectivity index (χ3v) is 5.43. The molecule has 0 amide bonds. The van der Waals surface area contributed by atoms with Gasteiger partial charge in [-0.15, -0.1) is 0 Å². The summed E-state index contributed by atoms with van der Waals surface area (Å²) in [4.78, 5) is 8.44. The van der Waals surface area contributed by atoms with E-state index in [1.54, 1.807) is 6.07 Å². The van der Waals surface area contributed by atoms with Gasteiger partial charge in [-0.25, -0.2) is 8.42 Å². The first-order valence-electron chi connectivity index (χ1n) is 5.70. The summed E-state index contributed by atoms with van der Waals surface area (Å²) in [5.74, 6) is 0. The van der Waals surface area contributed by atoms with Crippen LogP contribution in [-0.2, 0) is 20.0 Å². The maximum absolute atomic E-state index is 12.4. The van der Waals surface area contributed by atoms with E-state index in [0.717, 1.165) is 12.1 Å². The molecule has 0 bridgehead atoms. The van der Waals surface area contributed by atoms with E-state index >= 15 is 0 Å². The second-order valence-electron chi connectivity index (χ2n) is 4.18. The molecule has 0 aliphatic heterocycles. The second kappa shape index (κ2) is 5.48. The maximum Gasteiger partial charge on any atom is 0.294 e. The molecular weight excluding hydrogens is 334 g/mol. The minimum absolute atomic E-state index is 0.169. The van der Waals surface area contributed by atoms with Gasteiger partial charge in [-0.3, -0.25) is 14.7 Å². The Balaban J connectivity index is 2.74. The number of nitrogens with zero attached hydrogens (tertiary/aromatic N) is 1. The molecule has 0 unspecified atom stereocenters. The van der Waals surface area contributed by atoms with Gasteiger partial charge in [-0.2, -0.15) is 8.42 Å². The van der Waals surface area contributed by atoms with Crippen LogP contribution in [0.15, 0.2) is 63.2 Å². The van der Waals surface area contributed by atoms with Crippen molar-refractivity contribution in [2.75, 3.05) is 0 Å². The zero-order chi connectivity index (χ0) is 16.5. The van der Waals surface area contributed by atoms with E-state index in [0.29, 0.717) is 6.07 Å². The van der Waals surface area contributed by atoms with Crippen LogP contribution < -0.4 is 0 Å². The van der Waals surface area contributed by atoms with Crippen molar-refractivity contribution < 1.29 is 26.3 Å². The van der Waals surface area contributed by atoms with Crippen molar-refractivity contribution in [2.24, 2.45) is 0 Å². The molecule has 0 aromatic heterocycles. The molecule has 8 nitrogen and oxygen atoms in total. The van der Waals surface area contributed by atoms with Crippen LogP contribution in [0, 0.1) is 10.1 Å². The molecule has 22 heavy (non-hydrogen) atoms. The number of nitro groups is 1. The minimum Gasteiger partial charge on any atom is -0.282 e. The topological polar surface area (TPSA) is 132 Å². The van der Waals surface area contributed by atoms with Gasteiger partial charge in [0.1, 0.15) is 9.79 Å². The van der Waals surface area contributed by atoms with Gasteiger partial charge in [0.05, 0.1) is 9.82 Å². The molecule has 10 heteroatoms. The highest BCUT2D eigenvalue weighted by Gasteiger charge is 2.29. The maximum atomic E-state index is 12.4. The zero-order valence-electron chi connectivity index (χ0n) is 10.8. The lowest BCUT2D eigenvalue weighted by Crippen LogP contribution is -2.07. The van der Waals surface area contributed by atoms with Gasteiger partial charge in [0.15, 0.2) is 0 Å². The number of nitro benzene ring substituents is 1. The predicted molar refractivity (Wildman–Crippen MR) is 74.8 cm³/mol. The van der Waals surface area contributed by atoms with Crippen LogP contribution in [0.2, 0.25) is 0 Å². The number of sulfone groups is 1. The lowest BCUT2D eigenvalue weighted by atomic mass is 10.3. The van der Waals surface area contributed by atoms with E-state index in [1.165, 1.54) is 24.3 Å². The van der Waals surface area contributed by atoms with Gasteiger partial charge in [-0.1, -0.05) is 18.2 Å². The predicted octanol–water partition coefficient (Wildman–Crippen LogP) is 1.67. The summed E-state index contributed by atoms with van der Waals surface area (Å²) in [5.41, 5.74) is -0.932. The van der Waals surface area contributed by atoms with Gasteiger partial charge in [-0.05, 0) is 24.3 Å². The van der Waals surface area contributed by atoms with Crippen molar-refractivity contribution in [3.63, 3.8) is 0 Å². The number of hydrogen-bond acceptors (Lipinski definition) is 6. The second-order valence-corrected chi connectivity index (χ2v) is 7.52. The van der Waals surface area contributed by atoms with Gasteiger partial charge in [0.2, 0.25) is 9.84 Å². The van der Waals surface area contributed by atoms with Crippen molar-refractivity contribution in [3.8, 4) is 0 Å². The fourth-order valence-corrected chi connectivity index (χ4v) is 3.68. The highest BCUT2D eigenvalue weighted by atomic mass is 32.2. The molecule has 0 aliphatic rings. The monoisotopic (exact) mass is 343 g/mol. The molecule has 2 aromatic rings. The quantitative estimate of drug-likeness (QED) is 0.507. The lowest BCUT2D eigenvalue weighted by molar-refractivity contribution is -0.388. The van der Waals surface area contributed by atoms with Crippen LogP contribution in [-0.4, -0.2) is 26.3 Å². The van der Waals surface area contributed by atoms with Crippen molar-refractivity contribution in [3.05, 3.63) is 58.6 Å². The summed E-state index contributed by atoms with van der Waals surface area (Å²) in [6, 6.07) is 9.07. The first-order valence-corrected chi connectivity index (χ1v) is 8.62. The highest BCUT2D eigenvalue weighted by Crippen LogP contribution is 2.31. The Labute approximate surface area is 125 Å². The number of rotatable bonds is 4. The summed E-state index contributed by atoms with van der Waals surface area (Å²) in [6.45, 7) is 0. The molecule has 0 aliphatic carbocycles. The fraction of sp³-hybridized carbons (Fsp3) is 0. The summed E-state index contributed by atoms with van der Waals surface area (Å²) < 4.78 is 55.8. The summed E-state index contributed by atoms with van der Waals surface area (Å²) in [7, 11) is -8.88. The fourth-order valence-electron chi connectivity index (χ4n) is 1.75. The van der Waals surface area contributed by atoms with E-state index in [-0.39, 0.29) is 4.90 Å². The van der Waals surface area contributed by atoms with Gasteiger partial charge in [0, 0.05) is 6.07 Å². The average Bonchev–Trinajstić information content (AvgIpc) is 2.46. The van der Waals surface area contributed by atoms with E-state index < -0.39 is 40.4 Å². The summed E-state index contributed by atoms with van der Waals surface area (Å²) in [6.07, 6.45) is 0. The Morgan fingerprint density at radius 1 is 0.909 bits per heavy atom. The molecule has 0 atom stereocenters. The molecule has 0 saturated carbocycles. The first-order chi connectivity index (χ1) is 10.1. The van der Waals surface area contributed by atoms with Gasteiger partial charge in [0.25, 0.3) is 15.8 Å². The molecule has 2 aromatic carbocycles. The number of benzene rings is 2. The molecule has 2 rings (SSSR count). The molecule has 0 fully saturated rings. The van der Waals surface area contributed by atoms with Crippen LogP contribution in [0.5, 0.6) is 0 Å². The lowest BCUT2D eigenvalue weighted by Gasteiger charge is -2.06. The van der Waals surface area contributed by atoms with Crippen LogP contribution >= 0.6 is 0 Å². The average molecular weight is 343 g/mol. The third-order valence-electron chi connectivity index (χ3n) is 2.77. The normalized spacial score (nSPS) is 12.0. The molecule has 0 saturated heterocycles. The number of hydrogen-bond donors (Lipinski definition) is 1. The molecule has 1 N–H and O–H groups in total. The van der Waals surface area contributed by atoms with Crippen LogP contribution in [0.25, 0.3) is 0 Å². The van der Waals surface area contributed by atoms with Crippen molar-refractivity contribution >= 4 is 25.6 Å². The molecule has 0 heterocycles. The largest absolute Gasteiger partial charge is 0.294 e. The van der Waals surface area contributed by atoms with E-state index in [4.69, 9.17) is 4.55 Å². The third kappa shape index (κ3) is 2.98. The zero-order valence-corrected chi connectivity index (χ0v) is 12.4. The Kier molecular flexibility index (Phi) is 4.00. The van der Waals surface area contributed by atoms with Gasteiger partial charge >= 0.3 is 0 Å². The van der Waals surface area contributed by atoms with Gasteiger partial charge < -0.3 is 0 Å². The highest BCUT2D eigenvalue weighted by molar-refractivity contribution is 7.91. The SMILES string of the molecule is O=[N+]([O-])c1cc(S(=O)(=O)O)ccc1S(=O)(=O)c1ccccc1. The molecular formula is C12H9NO7S2. The standard InChI is InChI=1S/C12H9NO7S2/c14-13(15)11-8-10(22(18,19)20)6-7-12(11)21(16,17)9-4-2-1-3-5-9/h1-8H,(H,18,19,20). The Morgan fingerprint density at radius 2 is 1.50 bits per heavy atom. The Hall–Kier alpha value is -2.30. The molecule has 116 valence electrons. The van der Waals surface area contributed by atoms with Crippen LogP contribution in [0.3, 0.4) is 0 Å². The van der Waals surface area contributed by atoms with E-state index in [2.05, 4.69) is 0 Å². The minimum atomic E-state index is -4.68. The van der Waals surface area contributed by atoms with Crippen LogP contribution in [0.4, 0.5) is 5.69 Å². The van der Waals surface area contributed by atoms with Crippen molar-refractivity contribution in [1.29, 1.82) is 0 Å². The smallest absolute Gasteiger partial charge is 0.282 e. The van der Waals surface area contributed by atoms with Crippen LogP contribution in [0.1, 0.15) is 0 Å². The van der Waals surface area contributed by atoms with Crippen molar-refractivity contribution in [1.82, 2.24) is 0 Å². The molecule has 0 spiro atoms. The molecule has 0 radical (unpaired) electrons. The Morgan fingerprint density at radius 3 is 2.00 bits per heavy atom. The summed E-state index contributed by atoms with van der Waals surface area (Å²) in [5, 5.41) is 11.0. The van der Waals surface area contributed by atoms with Crippen molar-refractivity contribution in [2.45, 2.75) is 14.7 Å². The first kappa shape index (κ1) is 16.1. The summed E-state index contributed by atoms with van der Waals surface area (Å²) >= 11 is 0. The van der Waals surface area contributed by atoms with E-state index in [1.807, 2.05) is 0 Å². The van der Waals surface area contributed by atoms with E-state index in [9.17, 15) is 26.9 Å².